The lowest BCUT2D eigenvalue weighted by Crippen LogP contribution is -2.33. The van der Waals surface area contributed by atoms with Crippen molar-refractivity contribution in [3.63, 3.8) is 0 Å². The van der Waals surface area contributed by atoms with Crippen LogP contribution in [-0.2, 0) is 21.9 Å². The summed E-state index contributed by atoms with van der Waals surface area (Å²) in [7, 11) is -4.35. The zero-order chi connectivity index (χ0) is 14.6. The minimum Gasteiger partial charge on any atom is -0.480 e. The van der Waals surface area contributed by atoms with Crippen molar-refractivity contribution in [2.45, 2.75) is 18.6 Å². The van der Waals surface area contributed by atoms with Crippen LogP contribution in [0.5, 0.6) is 0 Å². The summed E-state index contributed by atoms with van der Waals surface area (Å²) in [4.78, 5) is 28.4. The Morgan fingerprint density at radius 3 is 2.21 bits per heavy atom. The van der Waals surface area contributed by atoms with Crippen LogP contribution in [0.4, 0.5) is 8.96 Å². The molecule has 0 fully saturated rings. The largest absolute Gasteiger partial charge is 0.480 e. The molecule has 6 nitrogen and oxygen atoms in total. The Morgan fingerprint density at radius 2 is 1.79 bits per heavy atom. The minimum atomic E-state index is -4.35. The maximum atomic E-state index is 12.4. The van der Waals surface area contributed by atoms with Crippen molar-refractivity contribution in [3.8, 4) is 0 Å². The molecule has 0 amide bonds. The van der Waals surface area contributed by atoms with Crippen molar-refractivity contribution in [2.75, 3.05) is 0 Å². The molecule has 0 aliphatic rings. The lowest BCUT2D eigenvalue weighted by Gasteiger charge is -2.15. The van der Waals surface area contributed by atoms with Gasteiger partial charge in [-0.3, -0.25) is 9.36 Å². The Morgan fingerprint density at radius 1 is 1.26 bits per heavy atom. The van der Waals surface area contributed by atoms with Gasteiger partial charge in [-0.25, -0.2) is 0 Å². The first-order valence-electron chi connectivity index (χ1n) is 5.15. The number of carboxylic acid groups (broad SMARTS) is 1. The van der Waals surface area contributed by atoms with E-state index in [1.54, 1.807) is 0 Å². The summed E-state index contributed by atoms with van der Waals surface area (Å²) in [6.07, 6.45) is -1.16. The fourth-order valence-corrected chi connectivity index (χ4v) is 2.33. The Kier molecular flexibility index (Phi) is 5.13. The fraction of sp³-hybridized carbons (Fsp3) is 0.300. The van der Waals surface area contributed by atoms with Gasteiger partial charge in [-0.15, -0.1) is 8.96 Å². The Balaban J connectivity index is 3.00. The van der Waals surface area contributed by atoms with Gasteiger partial charge in [0, 0.05) is 11.8 Å². The lowest BCUT2D eigenvalue weighted by molar-refractivity contribution is -0.201. The van der Waals surface area contributed by atoms with E-state index in [0.29, 0.717) is 0 Å². The van der Waals surface area contributed by atoms with E-state index in [0.717, 1.165) is 0 Å². The lowest BCUT2D eigenvalue weighted by atomic mass is 10.0. The number of halogens is 2. The normalized spacial score (nSPS) is 13.5. The molecule has 0 saturated carbocycles. The van der Waals surface area contributed by atoms with Gasteiger partial charge in [0.2, 0.25) is 0 Å². The van der Waals surface area contributed by atoms with Crippen LogP contribution in [0.2, 0.25) is 0 Å². The summed E-state index contributed by atoms with van der Waals surface area (Å²) in [5.74, 6) is -1.71. The maximum absolute atomic E-state index is 12.4. The molecular formula is C10H12F2NO5P. The molecule has 0 radical (unpaired) electrons. The van der Waals surface area contributed by atoms with Crippen LogP contribution in [0.3, 0.4) is 0 Å². The van der Waals surface area contributed by atoms with Crippen LogP contribution in [0.1, 0.15) is 11.1 Å². The first-order chi connectivity index (χ1) is 8.70. The van der Waals surface area contributed by atoms with Crippen molar-refractivity contribution in [2.24, 2.45) is 0 Å². The van der Waals surface area contributed by atoms with E-state index in [1.165, 1.54) is 24.3 Å². The van der Waals surface area contributed by atoms with Crippen molar-refractivity contribution < 1.29 is 33.2 Å². The number of aliphatic carboxylic acids is 1. The quantitative estimate of drug-likeness (QED) is 0.542. The molecule has 0 spiro atoms. The molecule has 1 aromatic rings. The molecule has 1 unspecified atom stereocenters. The standard InChI is InChI=1S/C10H12F2NO5P/c11-13(12)9(10(14)15)5-7-3-1-2-4-8(7)6-19(16,17)18/h1-4,9H,5-6H2,(H,14,15)(H2,16,17,18). The number of carbonyl (C=O) groups is 1. The van der Waals surface area contributed by atoms with Crippen LogP contribution in [0.15, 0.2) is 24.3 Å². The SMILES string of the molecule is O=C(O)C(Cc1ccccc1CP(=O)(O)O)N(F)F. The zero-order valence-corrected chi connectivity index (χ0v) is 10.5. The topological polar surface area (TPSA) is 98.1 Å². The number of rotatable bonds is 6. The Labute approximate surface area is 107 Å². The average molecular weight is 295 g/mol. The van der Waals surface area contributed by atoms with Gasteiger partial charge < -0.3 is 14.9 Å². The summed E-state index contributed by atoms with van der Waals surface area (Å²) < 4.78 is 35.7. The fourth-order valence-electron chi connectivity index (χ4n) is 1.58. The van der Waals surface area contributed by atoms with Crippen molar-refractivity contribution >= 4 is 13.6 Å². The second-order valence-corrected chi connectivity index (χ2v) is 5.55. The summed E-state index contributed by atoms with van der Waals surface area (Å²) >= 11 is 0. The van der Waals surface area contributed by atoms with Gasteiger partial charge in [0.25, 0.3) is 0 Å². The van der Waals surface area contributed by atoms with Crippen LogP contribution >= 0.6 is 7.60 Å². The Bertz CT molecular complexity index is 504. The number of carboxylic acids is 1. The predicted molar refractivity (Wildman–Crippen MR) is 61.4 cm³/mol. The molecule has 1 rings (SSSR count). The molecule has 106 valence electrons. The van der Waals surface area contributed by atoms with E-state index in [1.807, 2.05) is 0 Å². The van der Waals surface area contributed by atoms with Crippen molar-refractivity contribution in [1.82, 2.24) is 5.34 Å². The van der Waals surface area contributed by atoms with Crippen LogP contribution in [0, 0.1) is 0 Å². The van der Waals surface area contributed by atoms with E-state index < -0.39 is 37.5 Å². The summed E-state index contributed by atoms with van der Waals surface area (Å²) in [5, 5.41) is 7.22. The van der Waals surface area contributed by atoms with Crippen molar-refractivity contribution in [3.05, 3.63) is 35.4 Å². The van der Waals surface area contributed by atoms with Crippen LogP contribution in [0.25, 0.3) is 0 Å². The molecule has 0 bridgehead atoms. The van der Waals surface area contributed by atoms with Crippen LogP contribution < -0.4 is 0 Å². The molecule has 1 aromatic carbocycles. The second kappa shape index (κ2) is 6.21. The van der Waals surface area contributed by atoms with Crippen molar-refractivity contribution in [1.29, 1.82) is 0 Å². The number of nitrogens with zero attached hydrogens (tertiary/aromatic N) is 1. The summed E-state index contributed by atoms with van der Waals surface area (Å²) in [6.45, 7) is 0. The third-order valence-corrected chi connectivity index (χ3v) is 3.18. The first kappa shape index (κ1) is 15.7. The monoisotopic (exact) mass is 295 g/mol. The van der Waals surface area contributed by atoms with E-state index >= 15 is 0 Å². The number of hydrogen-bond donors (Lipinski definition) is 3. The highest BCUT2D eigenvalue weighted by Crippen LogP contribution is 2.40. The van der Waals surface area contributed by atoms with Gasteiger partial charge in [0.1, 0.15) is 0 Å². The maximum Gasteiger partial charge on any atom is 0.329 e. The van der Waals surface area contributed by atoms with E-state index in [-0.39, 0.29) is 11.1 Å². The highest BCUT2D eigenvalue weighted by atomic mass is 31.2. The summed E-state index contributed by atoms with van der Waals surface area (Å²) in [6, 6.07) is 3.65. The van der Waals surface area contributed by atoms with Gasteiger partial charge in [-0.1, -0.05) is 24.3 Å². The number of benzene rings is 1. The zero-order valence-electron chi connectivity index (χ0n) is 9.61. The van der Waals surface area contributed by atoms with E-state index in [9.17, 15) is 18.3 Å². The Hall–Kier alpha value is -1.34. The molecule has 19 heavy (non-hydrogen) atoms. The molecular weight excluding hydrogens is 283 g/mol. The molecule has 0 aromatic heterocycles. The first-order valence-corrected chi connectivity index (χ1v) is 6.95. The van der Waals surface area contributed by atoms with Gasteiger partial charge in [-0.2, -0.15) is 0 Å². The molecule has 0 saturated heterocycles. The van der Waals surface area contributed by atoms with E-state index in [4.69, 9.17) is 14.9 Å². The van der Waals surface area contributed by atoms with Gasteiger partial charge in [-0.05, 0) is 11.1 Å². The van der Waals surface area contributed by atoms with Crippen LogP contribution in [-0.4, -0.2) is 32.2 Å². The summed E-state index contributed by atoms with van der Waals surface area (Å²) in [5.41, 5.74) is 0.322. The highest BCUT2D eigenvalue weighted by molar-refractivity contribution is 7.50. The van der Waals surface area contributed by atoms with Gasteiger partial charge >= 0.3 is 13.6 Å². The predicted octanol–water partition coefficient (Wildman–Crippen LogP) is 1.43. The molecule has 9 heteroatoms. The molecule has 0 aliphatic heterocycles. The second-order valence-electron chi connectivity index (χ2n) is 3.91. The smallest absolute Gasteiger partial charge is 0.329 e. The van der Waals surface area contributed by atoms with Gasteiger partial charge in [0.05, 0.1) is 6.16 Å². The molecule has 0 aliphatic carbocycles. The molecule has 1 atom stereocenters. The van der Waals surface area contributed by atoms with Gasteiger partial charge in [0.15, 0.2) is 6.04 Å². The molecule has 3 N–H and O–H groups in total. The highest BCUT2D eigenvalue weighted by Gasteiger charge is 2.28. The minimum absolute atomic E-state index is 0.156. The third kappa shape index (κ3) is 5.04. The third-order valence-electron chi connectivity index (χ3n) is 2.43. The number of hydrogen-bond acceptors (Lipinski definition) is 3. The van der Waals surface area contributed by atoms with E-state index in [2.05, 4.69) is 0 Å². The molecule has 0 heterocycles. The average Bonchev–Trinajstić information content (AvgIpc) is 2.24.